The minimum atomic E-state index is -0.244. The molecule has 0 bridgehead atoms. The highest BCUT2D eigenvalue weighted by atomic mass is 32.1. The summed E-state index contributed by atoms with van der Waals surface area (Å²) in [7, 11) is 6.33. The maximum atomic E-state index is 13.4. The maximum absolute atomic E-state index is 13.4. The number of thiophene rings is 1. The van der Waals surface area contributed by atoms with E-state index >= 15 is 0 Å². The van der Waals surface area contributed by atoms with Gasteiger partial charge in [0.1, 0.15) is 5.75 Å². The number of ether oxygens (including phenoxy) is 4. The molecule has 2 heterocycles. The quantitative estimate of drug-likeness (QED) is 0.487. The van der Waals surface area contributed by atoms with Crippen molar-refractivity contribution in [1.82, 2.24) is 0 Å². The van der Waals surface area contributed by atoms with Gasteiger partial charge in [-0.1, -0.05) is 12.1 Å². The summed E-state index contributed by atoms with van der Waals surface area (Å²) >= 11 is 1.66. The number of carbonyl (C=O) groups is 1. The van der Waals surface area contributed by atoms with Gasteiger partial charge in [-0.3, -0.25) is 4.79 Å². The fraction of sp³-hybridized carbons (Fsp3) is 0.292. The molecule has 0 aliphatic carbocycles. The Morgan fingerprint density at radius 1 is 0.839 bits per heavy atom. The molecule has 2 aromatic carbocycles. The zero-order valence-corrected chi connectivity index (χ0v) is 19.0. The van der Waals surface area contributed by atoms with Gasteiger partial charge in [-0.15, -0.1) is 11.3 Å². The third kappa shape index (κ3) is 3.59. The maximum Gasteiger partial charge on any atom is 0.238 e. The van der Waals surface area contributed by atoms with Crippen molar-refractivity contribution in [2.45, 2.75) is 18.9 Å². The molecule has 0 N–H and O–H groups in total. The van der Waals surface area contributed by atoms with Crippen LogP contribution in [0.3, 0.4) is 0 Å². The highest BCUT2D eigenvalue weighted by Crippen LogP contribution is 2.53. The van der Waals surface area contributed by atoms with E-state index in [9.17, 15) is 4.79 Å². The van der Waals surface area contributed by atoms with Crippen LogP contribution in [0.2, 0.25) is 0 Å². The van der Waals surface area contributed by atoms with Gasteiger partial charge in [0.25, 0.3) is 0 Å². The molecule has 1 aliphatic heterocycles. The van der Waals surface area contributed by atoms with E-state index in [1.165, 1.54) is 4.88 Å². The number of benzene rings is 2. The molecule has 6 nitrogen and oxygen atoms in total. The van der Waals surface area contributed by atoms with Crippen molar-refractivity contribution in [1.29, 1.82) is 0 Å². The molecular weight excluding hydrogens is 414 g/mol. The van der Waals surface area contributed by atoms with Crippen LogP contribution >= 0.6 is 11.3 Å². The summed E-state index contributed by atoms with van der Waals surface area (Å²) in [6.07, 6.45) is 0. The lowest BCUT2D eigenvalue weighted by atomic mass is 9.80. The average molecular weight is 440 g/mol. The zero-order chi connectivity index (χ0) is 22.1. The molecule has 1 fully saturated rings. The van der Waals surface area contributed by atoms with Gasteiger partial charge >= 0.3 is 0 Å². The standard InChI is InChI=1S/C24H25NO5S/c1-14-6-11-20(31-14)21-22(15-7-9-17(27-2)10-8-15)25(24(21)26)16-12-18(28-3)23(30-5)19(13-16)29-4/h6-13,21-22H,1-5H3/t21?,22-/m1/s1. The Hall–Kier alpha value is -3.19. The zero-order valence-electron chi connectivity index (χ0n) is 18.2. The molecular formula is C24H25NO5S. The summed E-state index contributed by atoms with van der Waals surface area (Å²) in [5, 5.41) is 0. The Morgan fingerprint density at radius 3 is 1.97 bits per heavy atom. The average Bonchev–Trinajstić information content (AvgIpc) is 3.21. The topological polar surface area (TPSA) is 57.2 Å². The monoisotopic (exact) mass is 439 g/mol. The lowest BCUT2D eigenvalue weighted by Gasteiger charge is -2.47. The second kappa shape index (κ2) is 8.51. The van der Waals surface area contributed by atoms with Gasteiger partial charge in [0, 0.05) is 21.9 Å². The summed E-state index contributed by atoms with van der Waals surface area (Å²) in [6.45, 7) is 2.05. The Morgan fingerprint density at radius 2 is 1.48 bits per heavy atom. The molecule has 1 saturated heterocycles. The van der Waals surface area contributed by atoms with Gasteiger partial charge < -0.3 is 23.8 Å². The number of anilines is 1. The third-order valence-electron chi connectivity index (χ3n) is 5.55. The van der Waals surface area contributed by atoms with E-state index in [-0.39, 0.29) is 17.9 Å². The van der Waals surface area contributed by atoms with E-state index in [2.05, 4.69) is 13.0 Å². The molecule has 0 saturated carbocycles. The van der Waals surface area contributed by atoms with Crippen molar-refractivity contribution in [2.24, 2.45) is 0 Å². The Bertz CT molecular complexity index is 1070. The normalized spacial score (nSPS) is 17.8. The van der Waals surface area contributed by atoms with E-state index in [0.29, 0.717) is 22.9 Å². The van der Waals surface area contributed by atoms with Crippen molar-refractivity contribution in [3.8, 4) is 23.0 Å². The largest absolute Gasteiger partial charge is 0.497 e. The highest BCUT2D eigenvalue weighted by Gasteiger charge is 2.50. The van der Waals surface area contributed by atoms with Gasteiger partial charge in [0.05, 0.1) is 46.1 Å². The van der Waals surface area contributed by atoms with Crippen LogP contribution in [0.4, 0.5) is 5.69 Å². The van der Waals surface area contributed by atoms with Gasteiger partial charge in [-0.05, 0) is 36.8 Å². The van der Waals surface area contributed by atoms with Crippen LogP contribution in [0.25, 0.3) is 0 Å². The first kappa shape index (κ1) is 21.1. The molecule has 1 amide bonds. The van der Waals surface area contributed by atoms with E-state index in [1.54, 1.807) is 44.7 Å². The van der Waals surface area contributed by atoms with Gasteiger partial charge in [-0.25, -0.2) is 0 Å². The van der Waals surface area contributed by atoms with Crippen molar-refractivity contribution in [3.05, 3.63) is 63.8 Å². The number of hydrogen-bond donors (Lipinski definition) is 0. The van der Waals surface area contributed by atoms with Crippen LogP contribution in [-0.2, 0) is 4.79 Å². The van der Waals surface area contributed by atoms with E-state index in [4.69, 9.17) is 18.9 Å². The summed E-state index contributed by atoms with van der Waals surface area (Å²) in [6, 6.07) is 15.4. The predicted octanol–water partition coefficient (Wildman–Crippen LogP) is 4.96. The first-order valence-corrected chi connectivity index (χ1v) is 10.7. The van der Waals surface area contributed by atoms with Crippen LogP contribution in [0.5, 0.6) is 23.0 Å². The molecule has 31 heavy (non-hydrogen) atoms. The second-order valence-corrected chi connectivity index (χ2v) is 8.56. The first-order valence-electron chi connectivity index (χ1n) is 9.85. The molecule has 162 valence electrons. The Balaban J connectivity index is 1.81. The van der Waals surface area contributed by atoms with E-state index < -0.39 is 0 Å². The number of nitrogens with zero attached hydrogens (tertiary/aromatic N) is 1. The van der Waals surface area contributed by atoms with E-state index in [1.807, 2.05) is 42.5 Å². The number of aryl methyl sites for hydroxylation is 1. The number of rotatable bonds is 7. The number of carbonyl (C=O) groups excluding carboxylic acids is 1. The molecule has 1 aliphatic rings. The van der Waals surface area contributed by atoms with Crippen molar-refractivity contribution >= 4 is 22.9 Å². The molecule has 3 aromatic rings. The summed E-state index contributed by atoms with van der Waals surface area (Å²) in [5.41, 5.74) is 1.73. The van der Waals surface area contributed by atoms with Gasteiger partial charge in [0.2, 0.25) is 11.7 Å². The van der Waals surface area contributed by atoms with Gasteiger partial charge in [0.15, 0.2) is 11.5 Å². The summed E-state index contributed by atoms with van der Waals surface area (Å²) in [4.78, 5) is 17.5. The SMILES string of the molecule is COc1ccc([C@@H]2C(c3ccc(C)s3)C(=O)N2c2cc(OC)c(OC)c(OC)c2)cc1. The van der Waals surface area contributed by atoms with Gasteiger partial charge in [-0.2, -0.15) is 0 Å². The van der Waals surface area contributed by atoms with Crippen LogP contribution in [0.1, 0.15) is 27.3 Å². The van der Waals surface area contributed by atoms with Crippen LogP contribution in [-0.4, -0.2) is 34.3 Å². The Kier molecular flexibility index (Phi) is 5.78. The predicted molar refractivity (Wildman–Crippen MR) is 121 cm³/mol. The van der Waals surface area contributed by atoms with Crippen LogP contribution < -0.4 is 23.8 Å². The first-order chi connectivity index (χ1) is 15.0. The minimum absolute atomic E-state index is 0.0388. The number of β-lactam (4-membered cyclic amide) rings is 1. The molecule has 1 unspecified atom stereocenters. The summed E-state index contributed by atoms with van der Waals surface area (Å²) in [5.74, 6) is 2.08. The minimum Gasteiger partial charge on any atom is -0.497 e. The number of methoxy groups -OCH3 is 4. The second-order valence-electron chi connectivity index (χ2n) is 7.24. The van der Waals surface area contributed by atoms with E-state index in [0.717, 1.165) is 16.2 Å². The third-order valence-corrected chi connectivity index (χ3v) is 6.63. The molecule has 0 radical (unpaired) electrons. The fourth-order valence-electron chi connectivity index (χ4n) is 4.02. The lowest BCUT2D eigenvalue weighted by Crippen LogP contribution is -2.53. The fourth-order valence-corrected chi connectivity index (χ4v) is 5.02. The smallest absolute Gasteiger partial charge is 0.238 e. The number of hydrogen-bond acceptors (Lipinski definition) is 6. The molecule has 7 heteroatoms. The van der Waals surface area contributed by atoms with Crippen LogP contribution in [0, 0.1) is 6.92 Å². The van der Waals surface area contributed by atoms with Crippen molar-refractivity contribution in [3.63, 3.8) is 0 Å². The summed E-state index contributed by atoms with van der Waals surface area (Å²) < 4.78 is 21.7. The lowest BCUT2D eigenvalue weighted by molar-refractivity contribution is -0.126. The molecule has 2 atom stereocenters. The number of amides is 1. The highest BCUT2D eigenvalue weighted by molar-refractivity contribution is 7.12. The molecule has 4 rings (SSSR count). The van der Waals surface area contributed by atoms with Crippen molar-refractivity contribution < 1.29 is 23.7 Å². The molecule has 0 spiro atoms. The molecule has 1 aromatic heterocycles. The van der Waals surface area contributed by atoms with Crippen LogP contribution in [0.15, 0.2) is 48.5 Å². The van der Waals surface area contributed by atoms with Crippen molar-refractivity contribution in [2.75, 3.05) is 33.3 Å². The Labute approximate surface area is 185 Å².